The number of urea groups is 1. The van der Waals surface area contributed by atoms with E-state index in [1.54, 1.807) is 36.4 Å². The highest BCUT2D eigenvalue weighted by molar-refractivity contribution is 9.10. The molecule has 7 rings (SSSR count). The van der Waals surface area contributed by atoms with Crippen molar-refractivity contribution >= 4 is 45.4 Å². The Morgan fingerprint density at radius 2 is 1.55 bits per heavy atom. The quantitative estimate of drug-likeness (QED) is 0.255. The van der Waals surface area contributed by atoms with E-state index in [0.717, 1.165) is 42.6 Å². The van der Waals surface area contributed by atoms with Gasteiger partial charge in [0.25, 0.3) is 5.91 Å². The van der Waals surface area contributed by atoms with Gasteiger partial charge in [-0.1, -0.05) is 83.7 Å². The van der Waals surface area contributed by atoms with Crippen LogP contribution in [0.3, 0.4) is 0 Å². The molecular formula is C33H29BrFN3O4. The number of fused-ring (bicyclic) bond motifs is 3. The molecule has 4 atom stereocenters. The second-order valence-corrected chi connectivity index (χ2v) is 12.6. The van der Waals surface area contributed by atoms with Crippen molar-refractivity contribution in [3.8, 4) is 0 Å². The number of carbonyl (C=O) groups is 4. The van der Waals surface area contributed by atoms with E-state index in [-0.39, 0.29) is 24.3 Å². The van der Waals surface area contributed by atoms with Gasteiger partial charge in [-0.15, -0.1) is 0 Å². The molecule has 7 nitrogen and oxygen atoms in total. The number of likely N-dealkylation sites (tertiary alicyclic amines) is 1. The predicted molar refractivity (Wildman–Crippen MR) is 157 cm³/mol. The zero-order chi connectivity index (χ0) is 29.2. The van der Waals surface area contributed by atoms with E-state index in [1.165, 1.54) is 21.9 Å². The van der Waals surface area contributed by atoms with Crippen LogP contribution in [-0.2, 0) is 20.8 Å². The number of imide groups is 2. The largest absolute Gasteiger partial charge is 0.332 e. The van der Waals surface area contributed by atoms with Crippen molar-refractivity contribution in [1.82, 2.24) is 9.80 Å². The van der Waals surface area contributed by atoms with Crippen LogP contribution in [0.15, 0.2) is 83.3 Å². The number of benzene rings is 3. The molecule has 0 spiro atoms. The molecule has 3 saturated heterocycles. The normalized spacial score (nSPS) is 27.7. The Hall–Kier alpha value is -3.85. The maximum atomic E-state index is 14.9. The Morgan fingerprint density at radius 3 is 2.24 bits per heavy atom. The van der Waals surface area contributed by atoms with Crippen molar-refractivity contribution in [3.63, 3.8) is 0 Å². The zero-order valence-electron chi connectivity index (χ0n) is 22.8. The molecule has 42 heavy (non-hydrogen) atoms. The number of anilines is 1. The van der Waals surface area contributed by atoms with Crippen LogP contribution in [0.25, 0.3) is 0 Å². The van der Waals surface area contributed by atoms with E-state index in [1.807, 2.05) is 30.3 Å². The summed E-state index contributed by atoms with van der Waals surface area (Å²) >= 11 is 3.44. The minimum absolute atomic E-state index is 0.0688. The van der Waals surface area contributed by atoms with Gasteiger partial charge in [0.1, 0.15) is 11.4 Å². The Morgan fingerprint density at radius 1 is 0.833 bits per heavy atom. The highest BCUT2D eigenvalue weighted by atomic mass is 79.9. The Labute approximate surface area is 251 Å². The van der Waals surface area contributed by atoms with E-state index >= 15 is 0 Å². The molecule has 0 radical (unpaired) electrons. The van der Waals surface area contributed by atoms with Crippen molar-refractivity contribution < 1.29 is 23.6 Å². The van der Waals surface area contributed by atoms with Crippen LogP contribution < -0.4 is 4.90 Å². The first-order valence-electron chi connectivity index (χ1n) is 14.4. The van der Waals surface area contributed by atoms with Gasteiger partial charge in [-0.25, -0.2) is 14.1 Å². The van der Waals surface area contributed by atoms with E-state index in [0.29, 0.717) is 15.7 Å². The van der Waals surface area contributed by atoms with Gasteiger partial charge in [-0.2, -0.15) is 0 Å². The first-order chi connectivity index (χ1) is 20.3. The summed E-state index contributed by atoms with van der Waals surface area (Å²) in [6, 6.07) is 20.1. The number of nitrogens with zero attached hydrogens (tertiary/aromatic N) is 3. The van der Waals surface area contributed by atoms with Crippen LogP contribution in [0, 0.1) is 17.7 Å². The number of carbonyl (C=O) groups excluding carboxylic acids is 4. The van der Waals surface area contributed by atoms with Crippen molar-refractivity contribution in [1.29, 1.82) is 0 Å². The number of halogens is 2. The van der Waals surface area contributed by atoms with Crippen LogP contribution in [0.2, 0.25) is 0 Å². The summed E-state index contributed by atoms with van der Waals surface area (Å²) in [5.74, 6) is -3.74. The lowest BCUT2D eigenvalue weighted by Crippen LogP contribution is -2.56. The highest BCUT2D eigenvalue weighted by Crippen LogP contribution is 2.60. The average Bonchev–Trinajstić information content (AvgIpc) is 3.52. The van der Waals surface area contributed by atoms with Gasteiger partial charge < -0.3 is 4.90 Å². The summed E-state index contributed by atoms with van der Waals surface area (Å²) in [7, 11) is 0. The highest BCUT2D eigenvalue weighted by Gasteiger charge is 2.77. The molecule has 3 unspecified atom stereocenters. The van der Waals surface area contributed by atoms with E-state index in [4.69, 9.17) is 0 Å². The van der Waals surface area contributed by atoms with Crippen molar-refractivity contribution in [2.45, 2.75) is 56.1 Å². The monoisotopic (exact) mass is 629 g/mol. The smallest absolute Gasteiger partial charge is 0.300 e. The summed E-state index contributed by atoms with van der Waals surface area (Å²) < 4.78 is 14.8. The van der Waals surface area contributed by atoms with E-state index in [2.05, 4.69) is 15.9 Å². The molecule has 0 bridgehead atoms. The second-order valence-electron chi connectivity index (χ2n) is 11.7. The van der Waals surface area contributed by atoms with Gasteiger partial charge in [0, 0.05) is 16.9 Å². The van der Waals surface area contributed by atoms with E-state index in [9.17, 15) is 23.6 Å². The number of rotatable bonds is 5. The summed E-state index contributed by atoms with van der Waals surface area (Å²) in [6.07, 6.45) is 4.42. The number of hydrogen-bond donors (Lipinski definition) is 0. The summed E-state index contributed by atoms with van der Waals surface area (Å²) in [4.78, 5) is 62.3. The lowest BCUT2D eigenvalue weighted by atomic mass is 9.75. The minimum atomic E-state index is -1.64. The molecule has 0 N–H and O–H groups in total. The van der Waals surface area contributed by atoms with Crippen molar-refractivity contribution in [2.24, 2.45) is 11.8 Å². The third-order valence-electron chi connectivity index (χ3n) is 9.45. The molecule has 0 aromatic heterocycles. The maximum Gasteiger partial charge on any atom is 0.332 e. The summed E-state index contributed by atoms with van der Waals surface area (Å²) in [6.45, 7) is 0. The Kier molecular flexibility index (Phi) is 6.53. The molecule has 4 aliphatic rings. The minimum Gasteiger partial charge on any atom is -0.300 e. The third-order valence-corrected chi connectivity index (χ3v) is 9.95. The topological polar surface area (TPSA) is 78.0 Å². The SMILES string of the molecule is O=C1C2C(c3ccc(F)cc3)N3C(=O)N(c4cccc(Br)c4)C(=O)[C@@]3(Cc3ccccc3)C2C(=O)N1C1CCCCC1. The fraction of sp³-hybridized carbons (Fsp3) is 0.333. The first-order valence-corrected chi connectivity index (χ1v) is 15.2. The van der Waals surface area contributed by atoms with Crippen LogP contribution in [0.1, 0.15) is 49.3 Å². The third kappa shape index (κ3) is 3.89. The maximum absolute atomic E-state index is 14.9. The van der Waals surface area contributed by atoms with Crippen molar-refractivity contribution in [3.05, 3.63) is 100 Å². The van der Waals surface area contributed by atoms with Gasteiger partial charge in [0.2, 0.25) is 11.8 Å². The van der Waals surface area contributed by atoms with Gasteiger partial charge in [0.15, 0.2) is 0 Å². The standard InChI is InChI=1S/C33H29BrFN3O4/c34-22-10-7-13-25(18-22)37-31(41)33(19-20-8-3-1-4-9-20)27-26(29(39)36(30(27)40)24-11-5-2-6-12-24)28(38(33)32(37)42)21-14-16-23(35)17-15-21/h1,3-4,7-10,13-18,24,26-28H,2,5-6,11-12,19H2/t26?,27?,28?,33-/m1/s1. The number of amides is 5. The van der Waals surface area contributed by atoms with E-state index < -0.39 is 41.2 Å². The summed E-state index contributed by atoms with van der Waals surface area (Å²) in [5.41, 5.74) is 0.0250. The molecule has 1 saturated carbocycles. The predicted octanol–water partition coefficient (Wildman–Crippen LogP) is 6.03. The molecule has 1 aliphatic carbocycles. The van der Waals surface area contributed by atoms with Crippen LogP contribution in [0.4, 0.5) is 14.9 Å². The number of hydrogen-bond acceptors (Lipinski definition) is 4. The van der Waals surface area contributed by atoms with Gasteiger partial charge in [-0.05, 0) is 54.3 Å². The molecule has 4 fully saturated rings. The van der Waals surface area contributed by atoms with Gasteiger partial charge in [-0.3, -0.25) is 19.3 Å². The zero-order valence-corrected chi connectivity index (χ0v) is 24.4. The Balaban J connectivity index is 1.45. The molecule has 3 heterocycles. The molecule has 3 aromatic carbocycles. The lowest BCUT2D eigenvalue weighted by Gasteiger charge is -2.37. The molecule has 3 aliphatic heterocycles. The first kappa shape index (κ1) is 27.0. The fourth-order valence-electron chi connectivity index (χ4n) is 7.74. The molecule has 3 aromatic rings. The molecule has 5 amide bonds. The van der Waals surface area contributed by atoms with Crippen LogP contribution in [-0.4, -0.2) is 45.1 Å². The van der Waals surface area contributed by atoms with Gasteiger partial charge >= 0.3 is 6.03 Å². The van der Waals surface area contributed by atoms with Crippen LogP contribution >= 0.6 is 15.9 Å². The molecule has 214 valence electrons. The Bertz CT molecular complexity index is 1590. The summed E-state index contributed by atoms with van der Waals surface area (Å²) in [5, 5.41) is 0. The lowest BCUT2D eigenvalue weighted by molar-refractivity contribution is -0.147. The van der Waals surface area contributed by atoms with Crippen LogP contribution in [0.5, 0.6) is 0 Å². The van der Waals surface area contributed by atoms with Gasteiger partial charge in [0.05, 0.1) is 23.6 Å². The molecular weight excluding hydrogens is 601 g/mol. The van der Waals surface area contributed by atoms with Crippen molar-refractivity contribution in [2.75, 3.05) is 4.90 Å². The average molecular weight is 631 g/mol. The fourth-order valence-corrected chi connectivity index (χ4v) is 8.13. The second kappa shape index (κ2) is 10.2. The molecule has 9 heteroatoms.